The van der Waals surface area contributed by atoms with Crippen LogP contribution in [0.15, 0.2) is 6.20 Å². The lowest BCUT2D eigenvalue weighted by Crippen LogP contribution is -2.10. The summed E-state index contributed by atoms with van der Waals surface area (Å²) < 4.78 is 34.8. The van der Waals surface area contributed by atoms with E-state index in [0.717, 1.165) is 13.3 Å². The van der Waals surface area contributed by atoms with E-state index in [4.69, 9.17) is 4.74 Å². The zero-order valence-corrected chi connectivity index (χ0v) is 9.94. The number of alkyl halides is 2. The highest BCUT2D eigenvalue weighted by atomic mass is 19.3. The van der Waals surface area contributed by atoms with E-state index in [9.17, 15) is 18.7 Å². The molecule has 0 radical (unpaired) electrons. The summed E-state index contributed by atoms with van der Waals surface area (Å²) in [5, 5.41) is 9.55. The van der Waals surface area contributed by atoms with Gasteiger partial charge in [-0.25, -0.2) is 13.8 Å². The number of pyridine rings is 1. The second-order valence-electron chi connectivity index (χ2n) is 3.32. The lowest BCUT2D eigenvalue weighted by atomic mass is 10.1. The molecule has 0 atom stereocenters. The fraction of sp³-hybridized carbons (Fsp3) is 0.455. The van der Waals surface area contributed by atoms with E-state index in [1.165, 1.54) is 0 Å². The fourth-order valence-corrected chi connectivity index (χ4v) is 1.45. The maximum absolute atomic E-state index is 12.7. The van der Waals surface area contributed by atoms with Crippen molar-refractivity contribution in [3.8, 4) is 11.5 Å². The average Bonchev–Trinajstić information content (AvgIpc) is 2.31. The molecule has 0 aliphatic carbocycles. The highest BCUT2D eigenvalue weighted by Gasteiger charge is 2.23. The first-order chi connectivity index (χ1) is 8.51. The number of hydrogen-bond donors (Lipinski definition) is 1. The molecule has 0 spiro atoms. The van der Waals surface area contributed by atoms with E-state index in [1.54, 1.807) is 6.92 Å². The van der Waals surface area contributed by atoms with Gasteiger partial charge in [0.15, 0.2) is 5.75 Å². The van der Waals surface area contributed by atoms with Crippen LogP contribution in [0.5, 0.6) is 11.5 Å². The van der Waals surface area contributed by atoms with Crippen LogP contribution in [0.2, 0.25) is 0 Å². The summed E-state index contributed by atoms with van der Waals surface area (Å²) in [6.45, 7) is 1.78. The third-order valence-corrected chi connectivity index (χ3v) is 2.18. The Labute approximate surface area is 102 Å². The minimum absolute atomic E-state index is 0.0544. The van der Waals surface area contributed by atoms with Gasteiger partial charge in [0.2, 0.25) is 0 Å². The zero-order valence-electron chi connectivity index (χ0n) is 9.94. The van der Waals surface area contributed by atoms with Gasteiger partial charge in [-0.3, -0.25) is 4.79 Å². The summed E-state index contributed by atoms with van der Waals surface area (Å²) >= 11 is 0. The van der Waals surface area contributed by atoms with E-state index in [2.05, 4.69) is 9.72 Å². The Morgan fingerprint density at radius 2 is 2.22 bits per heavy atom. The zero-order chi connectivity index (χ0) is 13.7. The van der Waals surface area contributed by atoms with Gasteiger partial charge >= 0.3 is 5.97 Å². The smallest absolute Gasteiger partial charge is 0.310 e. The molecule has 18 heavy (non-hydrogen) atoms. The van der Waals surface area contributed by atoms with Gasteiger partial charge in [0.05, 0.1) is 31.9 Å². The Kier molecular flexibility index (Phi) is 4.82. The van der Waals surface area contributed by atoms with E-state index < -0.39 is 18.1 Å². The topological polar surface area (TPSA) is 68.7 Å². The van der Waals surface area contributed by atoms with Crippen molar-refractivity contribution in [2.24, 2.45) is 0 Å². The van der Waals surface area contributed by atoms with Crippen LogP contribution < -0.4 is 4.74 Å². The third-order valence-electron chi connectivity index (χ3n) is 2.18. The van der Waals surface area contributed by atoms with Crippen LogP contribution in [0, 0.1) is 0 Å². The SMILES string of the molecule is CCOC(=O)Cc1c(O)cnc(C(F)F)c1OC. The van der Waals surface area contributed by atoms with Gasteiger partial charge in [-0.05, 0) is 6.92 Å². The van der Waals surface area contributed by atoms with Crippen LogP contribution in [-0.4, -0.2) is 29.8 Å². The third kappa shape index (κ3) is 3.06. The molecule has 0 aromatic carbocycles. The molecule has 0 amide bonds. The molecule has 1 aromatic rings. The van der Waals surface area contributed by atoms with E-state index >= 15 is 0 Å². The lowest BCUT2D eigenvalue weighted by Gasteiger charge is -2.13. The number of aromatic nitrogens is 1. The molecule has 0 saturated carbocycles. The van der Waals surface area contributed by atoms with Crippen molar-refractivity contribution < 1.29 is 28.2 Å². The lowest BCUT2D eigenvalue weighted by molar-refractivity contribution is -0.142. The molecular weight excluding hydrogens is 248 g/mol. The monoisotopic (exact) mass is 261 g/mol. The summed E-state index contributed by atoms with van der Waals surface area (Å²) in [7, 11) is 1.16. The number of methoxy groups -OCH3 is 1. The summed E-state index contributed by atoms with van der Waals surface area (Å²) in [6, 6.07) is 0. The molecule has 0 unspecified atom stereocenters. The summed E-state index contributed by atoms with van der Waals surface area (Å²) in [4.78, 5) is 14.7. The Morgan fingerprint density at radius 1 is 1.56 bits per heavy atom. The molecule has 100 valence electrons. The summed E-state index contributed by atoms with van der Waals surface area (Å²) in [6.07, 6.45) is -2.36. The quantitative estimate of drug-likeness (QED) is 0.819. The minimum atomic E-state index is -2.86. The van der Waals surface area contributed by atoms with E-state index in [0.29, 0.717) is 0 Å². The largest absolute Gasteiger partial charge is 0.506 e. The second kappa shape index (κ2) is 6.13. The van der Waals surface area contributed by atoms with Crippen molar-refractivity contribution in [2.75, 3.05) is 13.7 Å². The van der Waals surface area contributed by atoms with Crippen molar-refractivity contribution in [3.63, 3.8) is 0 Å². The summed E-state index contributed by atoms with van der Waals surface area (Å²) in [5.41, 5.74) is -0.671. The predicted octanol–water partition coefficient (Wildman–Crippen LogP) is 1.84. The fourth-order valence-electron chi connectivity index (χ4n) is 1.45. The Morgan fingerprint density at radius 3 is 2.72 bits per heavy atom. The molecule has 0 fully saturated rings. The molecule has 0 bridgehead atoms. The highest BCUT2D eigenvalue weighted by molar-refractivity contribution is 5.75. The maximum atomic E-state index is 12.7. The number of rotatable bonds is 5. The number of ether oxygens (including phenoxy) is 2. The Hall–Kier alpha value is -1.92. The van der Waals surface area contributed by atoms with Gasteiger partial charge in [0, 0.05) is 0 Å². The normalized spacial score (nSPS) is 10.5. The van der Waals surface area contributed by atoms with Crippen molar-refractivity contribution in [1.82, 2.24) is 4.98 Å². The maximum Gasteiger partial charge on any atom is 0.310 e. The van der Waals surface area contributed by atoms with E-state index in [1.807, 2.05) is 0 Å². The minimum Gasteiger partial charge on any atom is -0.506 e. The highest BCUT2D eigenvalue weighted by Crippen LogP contribution is 2.35. The first kappa shape index (κ1) is 14.1. The van der Waals surface area contributed by atoms with Gasteiger partial charge in [0.1, 0.15) is 11.4 Å². The molecule has 0 aliphatic rings. The molecule has 1 aromatic heterocycles. The molecule has 7 heteroatoms. The van der Waals surface area contributed by atoms with Crippen molar-refractivity contribution in [2.45, 2.75) is 19.8 Å². The predicted molar refractivity (Wildman–Crippen MR) is 57.7 cm³/mol. The second-order valence-corrected chi connectivity index (χ2v) is 3.32. The van der Waals surface area contributed by atoms with Gasteiger partial charge in [0.25, 0.3) is 6.43 Å². The van der Waals surface area contributed by atoms with Crippen LogP contribution in [0.25, 0.3) is 0 Å². The van der Waals surface area contributed by atoms with Crippen LogP contribution in [-0.2, 0) is 16.0 Å². The number of aromatic hydroxyl groups is 1. The molecule has 5 nitrogen and oxygen atoms in total. The molecule has 1 heterocycles. The van der Waals surface area contributed by atoms with Crippen LogP contribution in [0.3, 0.4) is 0 Å². The molecule has 1 rings (SSSR count). The number of hydrogen-bond acceptors (Lipinski definition) is 5. The van der Waals surface area contributed by atoms with Crippen LogP contribution >= 0.6 is 0 Å². The van der Waals surface area contributed by atoms with Gasteiger partial charge in [-0.2, -0.15) is 0 Å². The Balaban J connectivity index is 3.15. The Bertz CT molecular complexity index is 437. The van der Waals surface area contributed by atoms with E-state index in [-0.39, 0.29) is 30.1 Å². The molecular formula is C11H13F2NO4. The number of carbonyl (C=O) groups excluding carboxylic acids is 1. The molecule has 0 aliphatic heterocycles. The van der Waals surface area contributed by atoms with Gasteiger partial charge in [-0.1, -0.05) is 0 Å². The van der Waals surface area contributed by atoms with Crippen molar-refractivity contribution in [3.05, 3.63) is 17.5 Å². The van der Waals surface area contributed by atoms with Crippen molar-refractivity contribution >= 4 is 5.97 Å². The average molecular weight is 261 g/mol. The van der Waals surface area contributed by atoms with Crippen LogP contribution in [0.4, 0.5) is 8.78 Å². The van der Waals surface area contributed by atoms with Gasteiger partial charge in [-0.15, -0.1) is 0 Å². The molecule has 0 saturated heterocycles. The van der Waals surface area contributed by atoms with Crippen LogP contribution in [0.1, 0.15) is 24.6 Å². The standard InChI is InChI=1S/C11H13F2NO4/c1-3-18-8(16)4-6-7(15)5-14-9(11(12)13)10(6)17-2/h5,11,15H,3-4H2,1-2H3. The molecule has 1 N–H and O–H groups in total. The first-order valence-electron chi connectivity index (χ1n) is 5.19. The first-order valence-corrected chi connectivity index (χ1v) is 5.19. The number of carbonyl (C=O) groups is 1. The number of halogens is 2. The van der Waals surface area contributed by atoms with Gasteiger partial charge < -0.3 is 14.6 Å². The van der Waals surface area contributed by atoms with Crippen molar-refractivity contribution in [1.29, 1.82) is 0 Å². The summed E-state index contributed by atoms with van der Waals surface area (Å²) in [5.74, 6) is -1.32. The number of esters is 1. The number of nitrogens with zero attached hydrogens (tertiary/aromatic N) is 1.